The summed E-state index contributed by atoms with van der Waals surface area (Å²) in [6.07, 6.45) is 11.6. The zero-order valence-corrected chi connectivity index (χ0v) is 15.3. The van der Waals surface area contributed by atoms with Crippen LogP contribution in [0.5, 0.6) is 0 Å². The van der Waals surface area contributed by atoms with E-state index in [4.69, 9.17) is 0 Å². The van der Waals surface area contributed by atoms with Gasteiger partial charge in [-0.25, -0.2) is 0 Å². The van der Waals surface area contributed by atoms with Crippen LogP contribution in [0.25, 0.3) is 0 Å². The summed E-state index contributed by atoms with van der Waals surface area (Å²) < 4.78 is 51.9. The van der Waals surface area contributed by atoms with E-state index >= 15 is 0 Å². The third-order valence-electron chi connectivity index (χ3n) is 5.07. The molecule has 2 heterocycles. The Hall–Kier alpha value is -0.0251. The molecule has 2 saturated heterocycles. The van der Waals surface area contributed by atoms with Crippen LogP contribution < -0.4 is 4.90 Å². The SMILES string of the molecule is CCCCCCC1C([NH+]2CCCCC2)P1(=O)CC.F[B-](F)(F)F. The van der Waals surface area contributed by atoms with Crippen molar-refractivity contribution in [2.45, 2.75) is 76.7 Å². The Labute approximate surface area is 137 Å². The third-order valence-corrected chi connectivity index (χ3v) is 9.06. The van der Waals surface area contributed by atoms with Gasteiger partial charge in [0.05, 0.1) is 18.7 Å². The molecular formula is C15H31BF4NOP. The number of hydrogen-bond acceptors (Lipinski definition) is 1. The zero-order valence-electron chi connectivity index (χ0n) is 14.4. The van der Waals surface area contributed by atoms with Gasteiger partial charge in [-0.1, -0.05) is 39.5 Å². The van der Waals surface area contributed by atoms with Crippen molar-refractivity contribution in [2.75, 3.05) is 19.3 Å². The number of likely N-dealkylation sites (tertiary alicyclic amines) is 1. The molecule has 0 aromatic rings. The van der Waals surface area contributed by atoms with E-state index in [0.29, 0.717) is 11.4 Å². The predicted octanol–water partition coefficient (Wildman–Crippen LogP) is 4.42. The van der Waals surface area contributed by atoms with Crippen LogP contribution in [0, 0.1) is 0 Å². The average molecular weight is 359 g/mol. The van der Waals surface area contributed by atoms with Gasteiger partial charge in [0.25, 0.3) is 0 Å². The van der Waals surface area contributed by atoms with Crippen LogP contribution in [0.4, 0.5) is 17.3 Å². The van der Waals surface area contributed by atoms with Crippen molar-refractivity contribution in [3.8, 4) is 0 Å². The van der Waals surface area contributed by atoms with Crippen LogP contribution in [-0.4, -0.2) is 37.9 Å². The first kappa shape index (κ1) is 21.0. The fraction of sp³-hybridized carbons (Fsp3) is 1.00. The molecular weight excluding hydrogens is 328 g/mol. The highest BCUT2D eigenvalue weighted by Gasteiger charge is 2.65. The molecule has 3 atom stereocenters. The summed E-state index contributed by atoms with van der Waals surface area (Å²) in [4.78, 5) is 1.70. The van der Waals surface area contributed by atoms with Gasteiger partial charge in [0.1, 0.15) is 5.78 Å². The van der Waals surface area contributed by atoms with Crippen molar-refractivity contribution >= 4 is 14.4 Å². The molecule has 0 aliphatic carbocycles. The van der Waals surface area contributed by atoms with Crippen molar-refractivity contribution in [3.05, 3.63) is 0 Å². The Morgan fingerprint density at radius 1 is 1.00 bits per heavy atom. The van der Waals surface area contributed by atoms with Crippen LogP contribution in [0.3, 0.4) is 0 Å². The lowest BCUT2D eigenvalue weighted by Crippen LogP contribution is -3.14. The maximum Gasteiger partial charge on any atom is 0.673 e. The topological polar surface area (TPSA) is 21.5 Å². The second kappa shape index (κ2) is 9.46. The second-order valence-corrected chi connectivity index (χ2v) is 10.3. The van der Waals surface area contributed by atoms with Crippen LogP contribution in [0.15, 0.2) is 0 Å². The first-order chi connectivity index (χ1) is 10.7. The molecule has 0 radical (unpaired) electrons. The quantitative estimate of drug-likeness (QED) is 0.309. The van der Waals surface area contributed by atoms with Crippen molar-refractivity contribution in [1.82, 2.24) is 0 Å². The van der Waals surface area contributed by atoms with Crippen molar-refractivity contribution in [1.29, 1.82) is 0 Å². The van der Waals surface area contributed by atoms with Crippen LogP contribution in [0.2, 0.25) is 0 Å². The maximum atomic E-state index is 12.9. The molecule has 2 rings (SSSR count). The first-order valence-electron chi connectivity index (χ1n) is 9.04. The van der Waals surface area contributed by atoms with E-state index in [-0.39, 0.29) is 0 Å². The number of halogens is 4. The Bertz CT molecular complexity index is 382. The van der Waals surface area contributed by atoms with E-state index < -0.39 is 14.4 Å². The number of rotatable bonds is 7. The minimum absolute atomic E-state index is 0.574. The van der Waals surface area contributed by atoms with E-state index in [1.165, 1.54) is 64.5 Å². The molecule has 23 heavy (non-hydrogen) atoms. The second-order valence-electron chi connectivity index (χ2n) is 6.75. The average Bonchev–Trinajstić information content (AvgIpc) is 3.08. The standard InChI is InChI=1S/C15H30NOP.BF4/c1-3-5-6-8-11-14-15(18(14,17)4-2)16-12-9-7-10-13-16;2-1(3,4)5/h14-15H,3-13H2,1-2H3;/q;-1/p+1. The smallest absolute Gasteiger partial charge is 0.418 e. The maximum absolute atomic E-state index is 12.9. The van der Waals surface area contributed by atoms with Gasteiger partial charge in [-0.05, 0) is 25.7 Å². The lowest BCUT2D eigenvalue weighted by molar-refractivity contribution is -0.910. The van der Waals surface area contributed by atoms with E-state index in [9.17, 15) is 21.8 Å². The normalized spacial score (nSPS) is 31.4. The number of nitrogens with one attached hydrogen (secondary N) is 1. The molecule has 0 amide bonds. The summed E-state index contributed by atoms with van der Waals surface area (Å²) in [5, 5.41) is 0. The lowest BCUT2D eigenvalue weighted by atomic mass is 10.1. The van der Waals surface area contributed by atoms with E-state index in [0.717, 1.165) is 6.16 Å². The van der Waals surface area contributed by atoms with Crippen LogP contribution in [0.1, 0.15) is 65.2 Å². The summed E-state index contributed by atoms with van der Waals surface area (Å²) in [5.74, 6) is 0.574. The molecule has 0 spiro atoms. The van der Waals surface area contributed by atoms with Gasteiger partial charge in [-0.3, -0.25) is 0 Å². The molecule has 2 nitrogen and oxygen atoms in total. The van der Waals surface area contributed by atoms with Gasteiger partial charge in [0.2, 0.25) is 0 Å². The van der Waals surface area contributed by atoms with Gasteiger partial charge >= 0.3 is 7.25 Å². The Kier molecular flexibility index (Phi) is 8.64. The minimum Gasteiger partial charge on any atom is -0.418 e. The van der Waals surface area contributed by atoms with Gasteiger partial charge < -0.3 is 26.7 Å². The third kappa shape index (κ3) is 7.17. The number of unbranched alkanes of at least 4 members (excludes halogenated alkanes) is 3. The highest BCUT2D eigenvalue weighted by atomic mass is 31.2. The van der Waals surface area contributed by atoms with Crippen molar-refractivity contribution in [2.24, 2.45) is 0 Å². The molecule has 2 aliphatic rings. The van der Waals surface area contributed by atoms with E-state index in [1.54, 1.807) is 4.90 Å². The Balaban J connectivity index is 0.000000463. The molecule has 3 unspecified atom stereocenters. The molecule has 8 heteroatoms. The molecule has 0 aromatic carbocycles. The summed E-state index contributed by atoms with van der Waals surface area (Å²) in [5.41, 5.74) is 0.604. The monoisotopic (exact) mass is 359 g/mol. The largest absolute Gasteiger partial charge is 0.673 e. The summed E-state index contributed by atoms with van der Waals surface area (Å²) in [6, 6.07) is 0. The van der Waals surface area contributed by atoms with E-state index in [2.05, 4.69) is 13.8 Å². The van der Waals surface area contributed by atoms with Gasteiger partial charge in [0, 0.05) is 6.16 Å². The molecule has 1 N–H and O–H groups in total. The van der Waals surface area contributed by atoms with Gasteiger partial charge in [-0.15, -0.1) is 0 Å². The van der Waals surface area contributed by atoms with Crippen molar-refractivity contribution < 1.29 is 26.7 Å². The first-order valence-corrected chi connectivity index (χ1v) is 11.1. The van der Waals surface area contributed by atoms with Crippen LogP contribution in [-0.2, 0) is 4.57 Å². The summed E-state index contributed by atoms with van der Waals surface area (Å²) >= 11 is 0. The van der Waals surface area contributed by atoms with Gasteiger partial charge in [0.15, 0.2) is 7.14 Å². The number of piperidine rings is 1. The minimum atomic E-state index is -6.00. The number of hydrogen-bond donors (Lipinski definition) is 1. The van der Waals surface area contributed by atoms with Crippen LogP contribution >= 0.6 is 7.14 Å². The lowest BCUT2D eigenvalue weighted by Gasteiger charge is -2.23. The zero-order chi connectivity index (χ0) is 17.5. The predicted molar refractivity (Wildman–Crippen MR) is 89.2 cm³/mol. The molecule has 138 valence electrons. The summed E-state index contributed by atoms with van der Waals surface area (Å²) in [6.45, 7) is 7.00. The molecule has 0 saturated carbocycles. The van der Waals surface area contributed by atoms with E-state index in [1.807, 2.05) is 0 Å². The highest BCUT2D eigenvalue weighted by Crippen LogP contribution is 2.72. The fourth-order valence-corrected chi connectivity index (χ4v) is 7.93. The van der Waals surface area contributed by atoms with Crippen molar-refractivity contribution in [3.63, 3.8) is 0 Å². The van der Waals surface area contributed by atoms with Gasteiger partial charge in [-0.2, -0.15) is 0 Å². The molecule has 0 aromatic heterocycles. The number of quaternary nitrogens is 1. The molecule has 2 aliphatic heterocycles. The molecule has 0 bridgehead atoms. The fourth-order valence-electron chi connectivity index (χ4n) is 3.90. The Morgan fingerprint density at radius 3 is 2.04 bits per heavy atom. The summed E-state index contributed by atoms with van der Waals surface area (Å²) in [7, 11) is -7.77. The molecule has 2 fully saturated rings. The Morgan fingerprint density at radius 2 is 1.57 bits per heavy atom. The highest BCUT2D eigenvalue weighted by molar-refractivity contribution is 7.72.